The number of hydrogen-bond acceptors (Lipinski definition) is 8. The first-order valence-electron chi connectivity index (χ1n) is 10.7. The fourth-order valence-corrected chi connectivity index (χ4v) is 3.65. The van der Waals surface area contributed by atoms with Crippen LogP contribution in [-0.4, -0.2) is 32.6 Å². The molecule has 0 amide bonds. The molecule has 0 bridgehead atoms. The molecule has 5 N–H and O–H groups in total. The Bertz CT molecular complexity index is 1260. The predicted octanol–water partition coefficient (Wildman–Crippen LogP) is 2.07. The standard InChI is InChI=1S/C23H24N8O2/c1-31-13-25-23(30-31)15-5-3-6-17(22(15)33-2)27-18-11-20(28-19-7-4-10-26-29-19)24-12-16(18)21(32)14-8-9-14/h3-7,10-14,26,29H,8-9H2,1-2H3,(H2,24,27,28)/p+1. The normalized spacial score (nSPS) is 14.9. The van der Waals surface area contributed by atoms with E-state index in [1.54, 1.807) is 24.3 Å². The zero-order chi connectivity index (χ0) is 22.8. The topological polar surface area (TPSA) is 123 Å². The van der Waals surface area contributed by atoms with Crippen molar-refractivity contribution in [2.45, 2.75) is 12.8 Å². The van der Waals surface area contributed by atoms with E-state index in [0.717, 1.165) is 24.2 Å². The van der Waals surface area contributed by atoms with Crippen molar-refractivity contribution in [1.82, 2.24) is 25.2 Å². The summed E-state index contributed by atoms with van der Waals surface area (Å²) < 4.78 is 7.37. The quantitative estimate of drug-likeness (QED) is 0.307. The maximum atomic E-state index is 13.0. The molecule has 1 aliphatic carbocycles. The van der Waals surface area contributed by atoms with Gasteiger partial charge in [-0.25, -0.2) is 15.4 Å². The van der Waals surface area contributed by atoms with Crippen LogP contribution in [0, 0.1) is 5.92 Å². The Morgan fingerprint density at radius 2 is 2.12 bits per heavy atom. The number of rotatable bonds is 8. The van der Waals surface area contributed by atoms with Gasteiger partial charge in [-0.15, -0.1) is 0 Å². The SMILES string of the molecule is COc1c(Nc2cc(NC3=CC=CN[NH2+]3)ncc2C(=O)C2CC2)cccc1-c1ncn(C)n1. The van der Waals surface area contributed by atoms with Gasteiger partial charge in [0.2, 0.25) is 5.82 Å². The van der Waals surface area contributed by atoms with E-state index in [9.17, 15) is 4.79 Å². The molecule has 33 heavy (non-hydrogen) atoms. The Morgan fingerprint density at radius 3 is 2.82 bits per heavy atom. The van der Waals surface area contributed by atoms with Gasteiger partial charge < -0.3 is 10.1 Å². The molecule has 168 valence electrons. The number of methoxy groups -OCH3 is 1. The molecule has 2 aromatic heterocycles. The average molecular weight is 446 g/mol. The number of ether oxygens (including phenoxy) is 1. The Morgan fingerprint density at radius 1 is 1.24 bits per heavy atom. The van der Waals surface area contributed by atoms with Gasteiger partial charge in [-0.3, -0.25) is 14.8 Å². The molecule has 0 saturated heterocycles. The first-order chi connectivity index (χ1) is 16.1. The van der Waals surface area contributed by atoms with Crippen LogP contribution >= 0.6 is 0 Å². The summed E-state index contributed by atoms with van der Waals surface area (Å²) in [6.07, 6.45) is 10.8. The maximum Gasteiger partial charge on any atom is 0.228 e. The Labute approximate surface area is 190 Å². The molecule has 0 radical (unpaired) electrons. The minimum atomic E-state index is 0.0702. The van der Waals surface area contributed by atoms with Gasteiger partial charge in [-0.1, -0.05) is 6.07 Å². The number of quaternary nitrogens is 1. The van der Waals surface area contributed by atoms with Crippen molar-refractivity contribution in [3.8, 4) is 17.1 Å². The molecule has 0 atom stereocenters. The minimum Gasteiger partial charge on any atom is -0.494 e. The lowest BCUT2D eigenvalue weighted by Crippen LogP contribution is -2.91. The summed E-state index contributed by atoms with van der Waals surface area (Å²) in [5.41, 5.74) is 7.56. The fraction of sp³-hybridized carbons (Fsp3) is 0.217. The molecule has 5 rings (SSSR count). The molecule has 2 aliphatic rings. The summed E-state index contributed by atoms with van der Waals surface area (Å²) in [5, 5.41) is 11.1. The minimum absolute atomic E-state index is 0.0702. The van der Waals surface area contributed by atoms with Crippen LogP contribution in [0.25, 0.3) is 11.4 Å². The van der Waals surface area contributed by atoms with Crippen molar-refractivity contribution in [3.05, 3.63) is 66.5 Å². The lowest BCUT2D eigenvalue weighted by molar-refractivity contribution is -0.655. The van der Waals surface area contributed by atoms with Crippen LogP contribution in [0.4, 0.5) is 17.2 Å². The number of benzene rings is 1. The molecule has 1 aliphatic heterocycles. The van der Waals surface area contributed by atoms with Crippen molar-refractivity contribution in [2.24, 2.45) is 13.0 Å². The summed E-state index contributed by atoms with van der Waals surface area (Å²) in [6, 6.07) is 7.55. The third-order valence-corrected chi connectivity index (χ3v) is 5.43. The number of carbonyl (C=O) groups is 1. The van der Waals surface area contributed by atoms with E-state index in [1.165, 1.54) is 0 Å². The maximum absolute atomic E-state index is 13.0. The first-order valence-corrected chi connectivity index (χ1v) is 10.7. The van der Waals surface area contributed by atoms with Gasteiger partial charge in [0.15, 0.2) is 17.4 Å². The van der Waals surface area contributed by atoms with Crippen molar-refractivity contribution in [1.29, 1.82) is 0 Å². The van der Waals surface area contributed by atoms with Crippen LogP contribution in [0.1, 0.15) is 23.2 Å². The molecule has 3 heterocycles. The number of aryl methyl sites for hydroxylation is 1. The molecule has 1 saturated carbocycles. The van der Waals surface area contributed by atoms with E-state index in [-0.39, 0.29) is 11.7 Å². The smallest absolute Gasteiger partial charge is 0.228 e. The van der Waals surface area contributed by atoms with Crippen molar-refractivity contribution >= 4 is 23.0 Å². The molecule has 1 aromatic carbocycles. The number of anilines is 3. The second kappa shape index (κ2) is 8.75. The van der Waals surface area contributed by atoms with E-state index >= 15 is 0 Å². The number of allylic oxidation sites excluding steroid dienone is 2. The van der Waals surface area contributed by atoms with Crippen molar-refractivity contribution in [3.63, 3.8) is 0 Å². The number of pyridine rings is 1. The van der Waals surface area contributed by atoms with E-state index in [0.29, 0.717) is 34.3 Å². The number of nitrogens with zero attached hydrogens (tertiary/aromatic N) is 4. The summed E-state index contributed by atoms with van der Waals surface area (Å²) in [6.45, 7) is 0. The third kappa shape index (κ3) is 4.41. The van der Waals surface area contributed by atoms with Crippen LogP contribution in [0.2, 0.25) is 0 Å². The highest BCUT2D eigenvalue weighted by molar-refractivity contribution is 6.04. The summed E-state index contributed by atoms with van der Waals surface area (Å²) >= 11 is 0. The van der Waals surface area contributed by atoms with Gasteiger partial charge in [0, 0.05) is 37.5 Å². The number of carbonyl (C=O) groups excluding carboxylic acids is 1. The van der Waals surface area contributed by atoms with E-state index in [4.69, 9.17) is 4.74 Å². The Balaban J connectivity index is 1.52. The van der Waals surface area contributed by atoms with Crippen LogP contribution in [-0.2, 0) is 7.05 Å². The van der Waals surface area contributed by atoms with Gasteiger partial charge in [0.05, 0.1) is 29.6 Å². The number of Topliss-reactive ketones (excluding diaryl/α,β-unsaturated/α-hetero) is 1. The number of aromatic nitrogens is 4. The zero-order valence-corrected chi connectivity index (χ0v) is 18.4. The van der Waals surface area contributed by atoms with Crippen molar-refractivity contribution < 1.29 is 15.0 Å². The van der Waals surface area contributed by atoms with E-state index in [1.807, 2.05) is 55.1 Å². The van der Waals surface area contributed by atoms with E-state index in [2.05, 4.69) is 31.1 Å². The fourth-order valence-electron chi connectivity index (χ4n) is 3.65. The van der Waals surface area contributed by atoms with Crippen LogP contribution in [0.15, 0.2) is 61.0 Å². The molecular formula is C23H25N8O2+. The van der Waals surface area contributed by atoms with Crippen LogP contribution < -0.4 is 26.2 Å². The number of nitrogens with two attached hydrogens (primary N) is 1. The number of ketones is 1. The molecule has 0 spiro atoms. The van der Waals surface area contributed by atoms with Crippen LogP contribution in [0.3, 0.4) is 0 Å². The highest BCUT2D eigenvalue weighted by Crippen LogP contribution is 2.39. The molecular weight excluding hydrogens is 420 g/mol. The molecule has 3 aromatic rings. The predicted molar refractivity (Wildman–Crippen MR) is 123 cm³/mol. The Hall–Kier alpha value is -4.18. The second-order valence-electron chi connectivity index (χ2n) is 7.92. The molecule has 10 nitrogen and oxygen atoms in total. The van der Waals surface area contributed by atoms with Gasteiger partial charge in [0.25, 0.3) is 0 Å². The first kappa shape index (κ1) is 20.7. The molecule has 0 unspecified atom stereocenters. The number of para-hydroxylation sites is 1. The lowest BCUT2D eigenvalue weighted by Gasteiger charge is -2.17. The highest BCUT2D eigenvalue weighted by atomic mass is 16.5. The summed E-state index contributed by atoms with van der Waals surface area (Å²) in [7, 11) is 3.42. The second-order valence-corrected chi connectivity index (χ2v) is 7.92. The number of nitrogens with one attached hydrogen (secondary N) is 3. The molecule has 10 heteroatoms. The van der Waals surface area contributed by atoms with Crippen LogP contribution in [0.5, 0.6) is 5.75 Å². The van der Waals surface area contributed by atoms with E-state index < -0.39 is 0 Å². The van der Waals surface area contributed by atoms with Gasteiger partial charge in [-0.05, 0) is 31.1 Å². The highest BCUT2D eigenvalue weighted by Gasteiger charge is 2.32. The zero-order valence-electron chi connectivity index (χ0n) is 18.4. The number of hydrogen-bond donors (Lipinski definition) is 4. The van der Waals surface area contributed by atoms with Gasteiger partial charge in [-0.2, -0.15) is 10.5 Å². The Kier molecular flexibility index (Phi) is 5.49. The molecule has 1 fully saturated rings. The average Bonchev–Trinajstić information content (AvgIpc) is 3.60. The lowest BCUT2D eigenvalue weighted by atomic mass is 10.1. The largest absolute Gasteiger partial charge is 0.494 e. The third-order valence-electron chi connectivity index (χ3n) is 5.43. The van der Waals surface area contributed by atoms with Gasteiger partial charge >= 0.3 is 0 Å². The van der Waals surface area contributed by atoms with Gasteiger partial charge in [0.1, 0.15) is 12.1 Å². The summed E-state index contributed by atoms with van der Waals surface area (Å²) in [5.74, 6) is 2.80. The monoisotopic (exact) mass is 445 g/mol. The summed E-state index contributed by atoms with van der Waals surface area (Å²) in [4.78, 5) is 21.8. The van der Waals surface area contributed by atoms with Crippen molar-refractivity contribution in [2.75, 3.05) is 17.7 Å².